The quantitative estimate of drug-likeness (QED) is 0.0770. The van der Waals surface area contributed by atoms with Gasteiger partial charge in [-0.25, -0.2) is 9.24 Å². The molecule has 0 atom stereocenters. The Bertz CT molecular complexity index is 2080. The van der Waals surface area contributed by atoms with Crippen molar-refractivity contribution >= 4 is 56.2 Å². The van der Waals surface area contributed by atoms with Crippen LogP contribution in [0.4, 0.5) is 27.1 Å². The number of ether oxygens (including phenoxy) is 1. The van der Waals surface area contributed by atoms with Crippen LogP contribution in [-0.4, -0.2) is 10.8 Å². The van der Waals surface area contributed by atoms with Crippen molar-refractivity contribution in [3.8, 4) is 11.5 Å². The summed E-state index contributed by atoms with van der Waals surface area (Å²) in [4.78, 5) is 25.8. The Morgan fingerprint density at radius 1 is 0.885 bits per heavy atom. The standard InChI is InChI=1S/C23H17BrClFN2O2.C8H9NO2.C8H11N.2CH4/c1-13-4-7-20(14(2)8-13)28-21(29)9-15-5-6-19(24)23(22(15)26)30-18-11-16(25)10-17(12-18)27-3;1-6-3-4-8(9(10)11)7(2)5-6;1-6-3-4-8(9)7(2)5-6;;/h4-8,10-12H,9H2,1-2H3,(H,28,29);3-5H,1-2H3;3-5H,9H2,1-2H3;2*1H4. The number of carbonyl (C=O) groups excluding carboxylic acids is 1. The van der Waals surface area contributed by atoms with Gasteiger partial charge in [-0.15, -0.1) is 0 Å². The van der Waals surface area contributed by atoms with E-state index in [4.69, 9.17) is 28.6 Å². The Hall–Kier alpha value is -5.24. The van der Waals surface area contributed by atoms with Gasteiger partial charge in [0.15, 0.2) is 17.3 Å². The lowest BCUT2D eigenvalue weighted by molar-refractivity contribution is -0.385. The molecule has 5 rings (SSSR count). The predicted molar refractivity (Wildman–Crippen MR) is 216 cm³/mol. The number of hydrogen-bond donors (Lipinski definition) is 2. The molecule has 0 aliphatic carbocycles. The summed E-state index contributed by atoms with van der Waals surface area (Å²) in [5.74, 6) is -0.855. The van der Waals surface area contributed by atoms with E-state index in [9.17, 15) is 14.9 Å². The number of aryl methyl sites for hydroxylation is 6. The van der Waals surface area contributed by atoms with Crippen LogP contribution in [0.15, 0.2) is 89.4 Å². The number of anilines is 2. The second-order valence-corrected chi connectivity index (χ2v) is 12.9. The minimum Gasteiger partial charge on any atom is -0.454 e. The van der Waals surface area contributed by atoms with E-state index in [1.807, 2.05) is 58.0 Å². The number of nitrogens with zero attached hydrogens (tertiary/aromatic N) is 2. The fourth-order valence-corrected chi connectivity index (χ4v) is 5.36. The van der Waals surface area contributed by atoms with E-state index in [-0.39, 0.29) is 60.5 Å². The first-order valence-electron chi connectivity index (χ1n) is 15.3. The largest absolute Gasteiger partial charge is 0.454 e. The summed E-state index contributed by atoms with van der Waals surface area (Å²) < 4.78 is 21.1. The van der Waals surface area contributed by atoms with Crippen LogP contribution in [0.5, 0.6) is 11.5 Å². The van der Waals surface area contributed by atoms with Gasteiger partial charge in [0, 0.05) is 33.6 Å². The highest BCUT2D eigenvalue weighted by molar-refractivity contribution is 9.10. The predicted octanol–water partition coefficient (Wildman–Crippen LogP) is 12.8. The third kappa shape index (κ3) is 13.1. The molecular weight excluding hydrogens is 747 g/mol. The minimum atomic E-state index is -0.663. The average Bonchev–Trinajstić information content (AvgIpc) is 3.04. The van der Waals surface area contributed by atoms with Gasteiger partial charge in [0.25, 0.3) is 5.69 Å². The van der Waals surface area contributed by atoms with Crippen molar-refractivity contribution in [2.24, 2.45) is 0 Å². The number of nitrogen functional groups attached to an aromatic ring is 1. The van der Waals surface area contributed by atoms with E-state index in [1.54, 1.807) is 25.1 Å². The van der Waals surface area contributed by atoms with Gasteiger partial charge in [0.2, 0.25) is 5.91 Å². The van der Waals surface area contributed by atoms with E-state index >= 15 is 4.39 Å². The molecule has 0 saturated carbocycles. The van der Waals surface area contributed by atoms with Gasteiger partial charge in [0.05, 0.1) is 22.4 Å². The van der Waals surface area contributed by atoms with Crippen molar-refractivity contribution in [2.45, 2.75) is 62.8 Å². The maximum Gasteiger partial charge on any atom is 0.272 e. The Labute approximate surface area is 319 Å². The highest BCUT2D eigenvalue weighted by atomic mass is 79.9. The van der Waals surface area contributed by atoms with Crippen LogP contribution < -0.4 is 15.8 Å². The van der Waals surface area contributed by atoms with E-state index in [2.05, 4.69) is 39.1 Å². The van der Waals surface area contributed by atoms with Crippen molar-refractivity contribution in [1.29, 1.82) is 0 Å². The Kier molecular flexibility index (Phi) is 17.7. The first-order chi connectivity index (χ1) is 23.6. The number of halogens is 3. The Morgan fingerprint density at radius 2 is 1.46 bits per heavy atom. The highest BCUT2D eigenvalue weighted by Gasteiger charge is 2.18. The van der Waals surface area contributed by atoms with Gasteiger partial charge >= 0.3 is 0 Å². The van der Waals surface area contributed by atoms with Crippen LogP contribution in [0.25, 0.3) is 4.85 Å². The second-order valence-electron chi connectivity index (χ2n) is 11.7. The van der Waals surface area contributed by atoms with Crippen LogP contribution >= 0.6 is 27.5 Å². The maximum absolute atomic E-state index is 15.1. The van der Waals surface area contributed by atoms with Crippen molar-refractivity contribution < 1.29 is 18.8 Å². The van der Waals surface area contributed by atoms with Gasteiger partial charge in [0.1, 0.15) is 5.75 Å². The average molecular weight is 792 g/mol. The van der Waals surface area contributed by atoms with Crippen LogP contribution in [-0.2, 0) is 11.2 Å². The van der Waals surface area contributed by atoms with E-state index in [1.165, 1.54) is 35.9 Å². The van der Waals surface area contributed by atoms with E-state index < -0.39 is 5.82 Å². The maximum atomic E-state index is 15.1. The SMILES string of the molecule is C.C.Cc1ccc(N)c(C)c1.Cc1ccc([N+](=O)[O-])c(C)c1.[C-]#[N+]c1cc(Cl)cc(Oc2c(Br)ccc(CC(=O)Nc3ccc(C)cc3C)c2F)c1. The third-order valence-electron chi connectivity index (χ3n) is 7.32. The molecule has 0 saturated heterocycles. The van der Waals surface area contributed by atoms with Crippen molar-refractivity contribution in [3.63, 3.8) is 0 Å². The summed E-state index contributed by atoms with van der Waals surface area (Å²) in [5.41, 5.74) is 14.0. The van der Waals surface area contributed by atoms with Crippen molar-refractivity contribution in [1.82, 2.24) is 0 Å². The summed E-state index contributed by atoms with van der Waals surface area (Å²) in [6.07, 6.45) is -0.161. The fraction of sp³-hybridized carbons (Fsp3) is 0.220. The lowest BCUT2D eigenvalue weighted by Gasteiger charge is -2.13. The van der Waals surface area contributed by atoms with Gasteiger partial charge in [-0.3, -0.25) is 14.9 Å². The number of hydrogen-bond acceptors (Lipinski definition) is 5. The minimum absolute atomic E-state index is 0. The summed E-state index contributed by atoms with van der Waals surface area (Å²) in [6.45, 7) is 18.7. The summed E-state index contributed by atoms with van der Waals surface area (Å²) in [6, 6.07) is 24.4. The number of nitro benzene ring substituents is 1. The number of amides is 1. The molecule has 274 valence electrons. The first kappa shape index (κ1) is 44.8. The Morgan fingerprint density at radius 3 is 2.00 bits per heavy atom. The number of benzene rings is 5. The zero-order valence-corrected chi connectivity index (χ0v) is 30.9. The zero-order chi connectivity index (χ0) is 37.1. The molecule has 52 heavy (non-hydrogen) atoms. The van der Waals surface area contributed by atoms with Crippen LogP contribution in [0, 0.1) is 64.0 Å². The molecule has 11 heteroatoms. The van der Waals surface area contributed by atoms with Crippen LogP contribution in [0.2, 0.25) is 5.02 Å². The fourth-order valence-electron chi connectivity index (χ4n) is 4.75. The number of nitro groups is 1. The Balaban J connectivity index is 0.000000502. The lowest BCUT2D eigenvalue weighted by Crippen LogP contribution is -2.16. The molecule has 0 unspecified atom stereocenters. The molecule has 5 aromatic carbocycles. The smallest absolute Gasteiger partial charge is 0.272 e. The molecule has 8 nitrogen and oxygen atoms in total. The molecule has 1 amide bonds. The van der Waals surface area contributed by atoms with Crippen LogP contribution in [0.1, 0.15) is 53.8 Å². The third-order valence-corrected chi connectivity index (χ3v) is 8.16. The molecule has 0 radical (unpaired) electrons. The van der Waals surface area contributed by atoms with Gasteiger partial charge < -0.3 is 15.8 Å². The van der Waals surface area contributed by atoms with E-state index in [0.717, 1.165) is 33.5 Å². The van der Waals surface area contributed by atoms with Crippen LogP contribution in [0.3, 0.4) is 0 Å². The van der Waals surface area contributed by atoms with Crippen molar-refractivity contribution in [2.75, 3.05) is 11.1 Å². The zero-order valence-electron chi connectivity index (χ0n) is 28.5. The molecule has 0 aromatic heterocycles. The van der Waals surface area contributed by atoms with Crippen molar-refractivity contribution in [3.05, 3.63) is 161 Å². The molecule has 3 N–H and O–H groups in total. The number of rotatable bonds is 6. The molecule has 0 aliphatic rings. The highest BCUT2D eigenvalue weighted by Crippen LogP contribution is 2.37. The second kappa shape index (κ2) is 20.6. The lowest BCUT2D eigenvalue weighted by atomic mass is 10.1. The number of carbonyl (C=O) groups is 1. The molecule has 0 aliphatic heterocycles. The first-order valence-corrected chi connectivity index (χ1v) is 16.5. The molecule has 0 fully saturated rings. The molecule has 0 spiro atoms. The van der Waals surface area contributed by atoms with Gasteiger partial charge in [-0.05, 0) is 111 Å². The van der Waals surface area contributed by atoms with Gasteiger partial charge in [-0.2, -0.15) is 0 Å². The summed E-state index contributed by atoms with van der Waals surface area (Å²) in [7, 11) is 0. The molecule has 0 heterocycles. The summed E-state index contributed by atoms with van der Waals surface area (Å²) in [5, 5.41) is 13.5. The van der Waals surface area contributed by atoms with Gasteiger partial charge in [-0.1, -0.05) is 79.5 Å². The molecular formula is C41H45BrClFN4O4. The number of nitrogens with two attached hydrogens (primary N) is 1. The van der Waals surface area contributed by atoms with E-state index in [0.29, 0.717) is 15.2 Å². The summed E-state index contributed by atoms with van der Waals surface area (Å²) >= 11 is 9.26. The monoisotopic (exact) mass is 790 g/mol. The topological polar surface area (TPSA) is 112 Å². The molecule has 5 aromatic rings. The number of nitrogens with one attached hydrogen (secondary N) is 1. The molecule has 0 bridgehead atoms. The normalized spacial score (nSPS) is 9.69.